The first-order chi connectivity index (χ1) is 10.5. The monoisotopic (exact) mass is 326 g/mol. The summed E-state index contributed by atoms with van der Waals surface area (Å²) < 4.78 is 0. The Balaban J connectivity index is 1.79. The van der Waals surface area contributed by atoms with Crippen LogP contribution in [-0.4, -0.2) is 62.9 Å². The zero-order chi connectivity index (χ0) is 15.9. The second kappa shape index (κ2) is 6.10. The number of fused-ring (bicyclic) bond motifs is 1. The maximum Gasteiger partial charge on any atom is 0.326 e. The molecule has 3 rings (SSSR count). The van der Waals surface area contributed by atoms with Crippen LogP contribution in [0.15, 0.2) is 0 Å². The fourth-order valence-electron chi connectivity index (χ4n) is 4.14. The number of hydrogen-bond donors (Lipinski definition) is 1. The predicted octanol–water partition coefficient (Wildman–Crippen LogP) is 1.01. The van der Waals surface area contributed by atoms with Gasteiger partial charge in [-0.25, -0.2) is 4.79 Å². The van der Waals surface area contributed by atoms with Gasteiger partial charge in [-0.15, -0.1) is 11.8 Å². The van der Waals surface area contributed by atoms with Gasteiger partial charge in [0, 0.05) is 18.7 Å². The molecular formula is C15H22N2O4S. The number of carboxylic acids is 1. The summed E-state index contributed by atoms with van der Waals surface area (Å²) >= 11 is 1.56. The molecule has 4 atom stereocenters. The average molecular weight is 326 g/mol. The first-order valence-electron chi connectivity index (χ1n) is 7.95. The van der Waals surface area contributed by atoms with Crippen molar-refractivity contribution in [2.75, 3.05) is 18.2 Å². The number of hydrogen-bond acceptors (Lipinski definition) is 4. The van der Waals surface area contributed by atoms with Gasteiger partial charge in [-0.3, -0.25) is 9.59 Å². The van der Waals surface area contributed by atoms with Crippen LogP contribution < -0.4 is 0 Å². The summed E-state index contributed by atoms with van der Waals surface area (Å²) in [7, 11) is 0. The molecule has 0 aromatic heterocycles. The van der Waals surface area contributed by atoms with Gasteiger partial charge in [0.25, 0.3) is 0 Å². The summed E-state index contributed by atoms with van der Waals surface area (Å²) in [4.78, 5) is 39.7. The summed E-state index contributed by atoms with van der Waals surface area (Å²) in [6, 6.07) is -1.19. The topological polar surface area (TPSA) is 77.9 Å². The molecular weight excluding hydrogens is 304 g/mol. The van der Waals surface area contributed by atoms with Gasteiger partial charge in [0.05, 0.1) is 5.88 Å². The summed E-state index contributed by atoms with van der Waals surface area (Å²) in [6.45, 7) is 2.32. The SMILES string of the molecule is CCC(=O)N1CSCC1C(=O)N1CC2CCCC2C1C(=O)O. The standard InChI is InChI=1S/C15H22N2O4S/c1-2-12(18)17-8-22-7-11(17)14(19)16-6-9-4-3-5-10(9)13(16)15(20)21/h9-11,13H,2-8H2,1H3,(H,20,21). The minimum atomic E-state index is -0.901. The highest BCUT2D eigenvalue weighted by Crippen LogP contribution is 2.43. The molecule has 6 nitrogen and oxygen atoms in total. The lowest BCUT2D eigenvalue weighted by molar-refractivity contribution is -0.152. The van der Waals surface area contributed by atoms with Crippen LogP contribution in [0.25, 0.3) is 0 Å². The Morgan fingerprint density at radius 1 is 1.23 bits per heavy atom. The van der Waals surface area contributed by atoms with E-state index in [0.717, 1.165) is 19.3 Å². The van der Waals surface area contributed by atoms with Gasteiger partial charge in [0.15, 0.2) is 0 Å². The molecule has 1 aliphatic carbocycles. The number of carbonyl (C=O) groups excluding carboxylic acids is 2. The van der Waals surface area contributed by atoms with E-state index in [1.54, 1.807) is 28.5 Å². The van der Waals surface area contributed by atoms with Crippen molar-refractivity contribution in [3.05, 3.63) is 0 Å². The number of carbonyl (C=O) groups is 3. The molecule has 1 saturated carbocycles. The van der Waals surface area contributed by atoms with Crippen molar-refractivity contribution in [2.24, 2.45) is 11.8 Å². The molecule has 4 unspecified atom stereocenters. The van der Waals surface area contributed by atoms with E-state index >= 15 is 0 Å². The molecule has 2 aliphatic heterocycles. The van der Waals surface area contributed by atoms with Crippen molar-refractivity contribution in [3.8, 4) is 0 Å². The lowest BCUT2D eigenvalue weighted by Crippen LogP contribution is -2.52. The minimum absolute atomic E-state index is 0.0328. The molecule has 0 radical (unpaired) electrons. The number of rotatable bonds is 3. The summed E-state index contributed by atoms with van der Waals surface area (Å²) in [5.74, 6) is 0.398. The number of thioether (sulfide) groups is 1. The fourth-order valence-corrected chi connectivity index (χ4v) is 5.31. The third kappa shape index (κ3) is 2.49. The first-order valence-corrected chi connectivity index (χ1v) is 9.10. The number of likely N-dealkylation sites (tertiary alicyclic amines) is 1. The molecule has 2 heterocycles. The molecule has 0 bridgehead atoms. The third-order valence-electron chi connectivity index (χ3n) is 5.22. The van der Waals surface area contributed by atoms with Gasteiger partial charge in [-0.05, 0) is 24.7 Å². The molecule has 22 heavy (non-hydrogen) atoms. The molecule has 0 aromatic carbocycles. The summed E-state index contributed by atoms with van der Waals surface area (Å²) in [5, 5.41) is 9.56. The van der Waals surface area contributed by atoms with Gasteiger partial charge in [-0.2, -0.15) is 0 Å². The smallest absolute Gasteiger partial charge is 0.326 e. The van der Waals surface area contributed by atoms with E-state index in [-0.39, 0.29) is 17.7 Å². The van der Waals surface area contributed by atoms with Crippen molar-refractivity contribution in [1.82, 2.24) is 9.80 Å². The van der Waals surface area contributed by atoms with Crippen molar-refractivity contribution in [1.29, 1.82) is 0 Å². The molecule has 0 aromatic rings. The normalized spacial score (nSPS) is 34.0. The molecule has 3 aliphatic rings. The number of amides is 2. The largest absolute Gasteiger partial charge is 0.480 e. The summed E-state index contributed by atoms with van der Waals surface area (Å²) in [5.41, 5.74) is 0. The lowest BCUT2D eigenvalue weighted by Gasteiger charge is -2.30. The second-order valence-corrected chi connectivity index (χ2v) is 7.36. The number of aliphatic carboxylic acids is 1. The van der Waals surface area contributed by atoms with Crippen molar-refractivity contribution in [3.63, 3.8) is 0 Å². The quantitative estimate of drug-likeness (QED) is 0.837. The third-order valence-corrected chi connectivity index (χ3v) is 6.23. The van der Waals surface area contributed by atoms with Gasteiger partial charge < -0.3 is 14.9 Å². The molecule has 2 amide bonds. The van der Waals surface area contributed by atoms with E-state index < -0.39 is 18.1 Å². The van der Waals surface area contributed by atoms with Gasteiger partial charge in [0.1, 0.15) is 12.1 Å². The Labute approximate surface area is 134 Å². The molecule has 0 spiro atoms. The number of nitrogens with zero attached hydrogens (tertiary/aromatic N) is 2. The van der Waals surface area contributed by atoms with E-state index in [0.29, 0.717) is 30.5 Å². The van der Waals surface area contributed by atoms with Crippen LogP contribution in [0.5, 0.6) is 0 Å². The van der Waals surface area contributed by atoms with E-state index in [9.17, 15) is 19.5 Å². The Bertz CT molecular complexity index is 498. The van der Waals surface area contributed by atoms with Crippen molar-refractivity contribution < 1.29 is 19.5 Å². The van der Waals surface area contributed by atoms with Crippen LogP contribution in [0.2, 0.25) is 0 Å². The highest BCUT2D eigenvalue weighted by Gasteiger charge is 2.51. The van der Waals surface area contributed by atoms with Crippen LogP contribution in [0.1, 0.15) is 32.6 Å². The molecule has 122 valence electrons. The highest BCUT2D eigenvalue weighted by atomic mass is 32.2. The lowest BCUT2D eigenvalue weighted by atomic mass is 9.94. The zero-order valence-electron chi connectivity index (χ0n) is 12.7. The zero-order valence-corrected chi connectivity index (χ0v) is 13.6. The van der Waals surface area contributed by atoms with Crippen LogP contribution in [0.4, 0.5) is 0 Å². The molecule has 2 saturated heterocycles. The van der Waals surface area contributed by atoms with Crippen molar-refractivity contribution in [2.45, 2.75) is 44.7 Å². The minimum Gasteiger partial charge on any atom is -0.480 e. The van der Waals surface area contributed by atoms with Gasteiger partial charge in [-0.1, -0.05) is 13.3 Å². The fraction of sp³-hybridized carbons (Fsp3) is 0.800. The van der Waals surface area contributed by atoms with E-state index in [2.05, 4.69) is 0 Å². The highest BCUT2D eigenvalue weighted by molar-refractivity contribution is 7.99. The van der Waals surface area contributed by atoms with Gasteiger partial charge in [0.2, 0.25) is 11.8 Å². The van der Waals surface area contributed by atoms with Crippen LogP contribution in [-0.2, 0) is 14.4 Å². The van der Waals surface area contributed by atoms with E-state index in [1.807, 2.05) is 0 Å². The first kappa shape index (κ1) is 15.6. The maximum absolute atomic E-state index is 12.9. The van der Waals surface area contributed by atoms with Crippen LogP contribution in [0.3, 0.4) is 0 Å². The maximum atomic E-state index is 12.9. The predicted molar refractivity (Wildman–Crippen MR) is 82.2 cm³/mol. The van der Waals surface area contributed by atoms with Crippen molar-refractivity contribution >= 4 is 29.5 Å². The Morgan fingerprint density at radius 3 is 2.68 bits per heavy atom. The van der Waals surface area contributed by atoms with Crippen LogP contribution in [0, 0.1) is 11.8 Å². The van der Waals surface area contributed by atoms with E-state index in [4.69, 9.17) is 0 Å². The van der Waals surface area contributed by atoms with Crippen LogP contribution >= 0.6 is 11.8 Å². The Morgan fingerprint density at radius 2 is 2.00 bits per heavy atom. The molecule has 7 heteroatoms. The summed E-state index contributed by atoms with van der Waals surface area (Å²) in [6.07, 6.45) is 3.33. The second-order valence-electron chi connectivity index (χ2n) is 6.36. The Hall–Kier alpha value is -1.24. The number of carboxylic acid groups (broad SMARTS) is 1. The average Bonchev–Trinajstić information content (AvgIpc) is 3.18. The van der Waals surface area contributed by atoms with E-state index in [1.165, 1.54) is 0 Å². The molecule has 1 N–H and O–H groups in total. The van der Waals surface area contributed by atoms with Gasteiger partial charge >= 0.3 is 5.97 Å². The molecule has 3 fully saturated rings. The Kier molecular flexibility index (Phi) is 4.34.